The van der Waals surface area contributed by atoms with Crippen molar-refractivity contribution in [2.75, 3.05) is 45.2 Å². The first-order valence-electron chi connectivity index (χ1n) is 8.31. The van der Waals surface area contributed by atoms with Crippen molar-refractivity contribution >= 4 is 17.5 Å². The summed E-state index contributed by atoms with van der Waals surface area (Å²) in [6, 6.07) is 5.87. The molecular formula is C18H27N3O3. The average Bonchev–Trinajstić information content (AvgIpc) is 2.51. The number of likely N-dealkylation sites (N-methyl/N-ethyl adjacent to an activating group) is 1. The molecule has 2 amide bonds. The van der Waals surface area contributed by atoms with Crippen LogP contribution < -0.4 is 5.32 Å². The van der Waals surface area contributed by atoms with Gasteiger partial charge in [0.1, 0.15) is 0 Å². The zero-order chi connectivity index (χ0) is 17.7. The Balaban J connectivity index is 1.85. The number of rotatable bonds is 5. The molecule has 6 heteroatoms. The summed E-state index contributed by atoms with van der Waals surface area (Å²) in [6.45, 7) is 8.41. The van der Waals surface area contributed by atoms with Crippen LogP contribution in [0.15, 0.2) is 18.2 Å². The van der Waals surface area contributed by atoms with Crippen molar-refractivity contribution in [3.05, 3.63) is 29.3 Å². The molecule has 0 spiro atoms. The summed E-state index contributed by atoms with van der Waals surface area (Å²) in [5.74, 6) is -0.237. The van der Waals surface area contributed by atoms with Crippen LogP contribution in [0.2, 0.25) is 0 Å². The highest BCUT2D eigenvalue weighted by atomic mass is 16.5. The minimum absolute atomic E-state index is 0.0481. The van der Waals surface area contributed by atoms with Gasteiger partial charge in [-0.05, 0) is 31.9 Å². The van der Waals surface area contributed by atoms with E-state index < -0.39 is 0 Å². The molecule has 1 heterocycles. The molecule has 1 fully saturated rings. The van der Waals surface area contributed by atoms with Gasteiger partial charge in [-0.3, -0.25) is 14.5 Å². The van der Waals surface area contributed by atoms with E-state index in [2.05, 4.69) is 10.2 Å². The lowest BCUT2D eigenvalue weighted by Crippen LogP contribution is -2.47. The van der Waals surface area contributed by atoms with Gasteiger partial charge < -0.3 is 15.0 Å². The van der Waals surface area contributed by atoms with Crippen molar-refractivity contribution in [3.63, 3.8) is 0 Å². The molecule has 1 aliphatic heterocycles. The Labute approximate surface area is 143 Å². The van der Waals surface area contributed by atoms with Crippen LogP contribution in [0.3, 0.4) is 0 Å². The van der Waals surface area contributed by atoms with Crippen LogP contribution in [0.4, 0.5) is 5.69 Å². The van der Waals surface area contributed by atoms with Crippen molar-refractivity contribution < 1.29 is 14.3 Å². The van der Waals surface area contributed by atoms with Crippen LogP contribution in [0.1, 0.15) is 18.1 Å². The second kappa shape index (κ2) is 8.26. The van der Waals surface area contributed by atoms with Gasteiger partial charge in [0.2, 0.25) is 11.8 Å². The standard InChI is InChI=1S/C18H27N3O3/c1-13-6-5-7-14(2)18(13)19-16(22)11-20(4)17(23)12-21-8-9-24-15(3)10-21/h5-7,15H,8-12H2,1-4H3,(H,19,22)/t15-/m1/s1. The lowest BCUT2D eigenvalue weighted by Gasteiger charge is -2.31. The molecule has 1 N–H and O–H groups in total. The van der Waals surface area contributed by atoms with Crippen LogP contribution in [0.5, 0.6) is 0 Å². The number of hydrogen-bond acceptors (Lipinski definition) is 4. The first kappa shape index (κ1) is 18.4. The molecule has 1 aromatic rings. The van der Waals surface area contributed by atoms with Crippen molar-refractivity contribution in [1.29, 1.82) is 0 Å². The minimum Gasteiger partial charge on any atom is -0.376 e. The third kappa shape index (κ3) is 5.04. The van der Waals surface area contributed by atoms with Gasteiger partial charge in [-0.15, -0.1) is 0 Å². The Morgan fingerprint density at radius 1 is 1.33 bits per heavy atom. The maximum absolute atomic E-state index is 12.3. The maximum Gasteiger partial charge on any atom is 0.243 e. The van der Waals surface area contributed by atoms with Crippen LogP contribution >= 0.6 is 0 Å². The Bertz CT molecular complexity index is 583. The fourth-order valence-electron chi connectivity index (χ4n) is 2.84. The third-order valence-corrected chi connectivity index (χ3v) is 4.24. The molecule has 0 saturated carbocycles. The Hall–Kier alpha value is -1.92. The summed E-state index contributed by atoms with van der Waals surface area (Å²) in [5.41, 5.74) is 2.85. The van der Waals surface area contributed by atoms with Gasteiger partial charge in [0.15, 0.2) is 0 Å². The van der Waals surface area contributed by atoms with Gasteiger partial charge in [0.05, 0.1) is 25.8 Å². The maximum atomic E-state index is 12.3. The first-order valence-corrected chi connectivity index (χ1v) is 8.31. The number of hydrogen-bond donors (Lipinski definition) is 1. The molecule has 1 aliphatic rings. The summed E-state index contributed by atoms with van der Waals surface area (Å²) >= 11 is 0. The Morgan fingerprint density at radius 2 is 2.00 bits per heavy atom. The van der Waals surface area contributed by atoms with Gasteiger partial charge in [0, 0.05) is 25.8 Å². The average molecular weight is 333 g/mol. The molecular weight excluding hydrogens is 306 g/mol. The fourth-order valence-corrected chi connectivity index (χ4v) is 2.84. The van der Waals surface area contributed by atoms with E-state index in [1.54, 1.807) is 7.05 Å². The molecule has 0 aliphatic carbocycles. The molecule has 6 nitrogen and oxygen atoms in total. The highest BCUT2D eigenvalue weighted by Gasteiger charge is 2.21. The Kier molecular flexibility index (Phi) is 6.34. The molecule has 132 valence electrons. The number of carbonyl (C=O) groups is 2. The van der Waals surface area contributed by atoms with E-state index >= 15 is 0 Å². The molecule has 2 rings (SSSR count). The minimum atomic E-state index is -0.182. The number of carbonyl (C=O) groups excluding carboxylic acids is 2. The molecule has 1 saturated heterocycles. The lowest BCUT2D eigenvalue weighted by molar-refractivity contribution is -0.135. The second-order valence-corrected chi connectivity index (χ2v) is 6.48. The van der Waals surface area contributed by atoms with Crippen LogP contribution in [-0.4, -0.2) is 67.6 Å². The summed E-state index contributed by atoms with van der Waals surface area (Å²) in [5, 5.41) is 2.91. The smallest absolute Gasteiger partial charge is 0.243 e. The van der Waals surface area contributed by atoms with E-state index in [-0.39, 0.29) is 24.5 Å². The van der Waals surface area contributed by atoms with E-state index in [4.69, 9.17) is 4.74 Å². The van der Waals surface area contributed by atoms with Crippen molar-refractivity contribution in [1.82, 2.24) is 9.80 Å². The van der Waals surface area contributed by atoms with E-state index in [1.807, 2.05) is 39.0 Å². The summed E-state index contributed by atoms with van der Waals surface area (Å²) in [6.07, 6.45) is 0.143. The number of nitrogens with one attached hydrogen (secondary N) is 1. The number of nitrogens with zero attached hydrogens (tertiary/aromatic N) is 2. The Morgan fingerprint density at radius 3 is 2.62 bits per heavy atom. The van der Waals surface area contributed by atoms with Crippen molar-refractivity contribution in [3.8, 4) is 0 Å². The van der Waals surface area contributed by atoms with E-state index in [0.29, 0.717) is 13.2 Å². The number of morpholine rings is 1. The summed E-state index contributed by atoms with van der Waals surface area (Å²) in [4.78, 5) is 28.1. The third-order valence-electron chi connectivity index (χ3n) is 4.24. The molecule has 0 bridgehead atoms. The molecule has 0 radical (unpaired) electrons. The predicted molar refractivity (Wildman–Crippen MR) is 94.0 cm³/mol. The lowest BCUT2D eigenvalue weighted by atomic mass is 10.1. The SMILES string of the molecule is Cc1cccc(C)c1NC(=O)CN(C)C(=O)CN1CCO[C@H](C)C1. The molecule has 0 aromatic heterocycles. The predicted octanol–water partition coefficient (Wildman–Crippen LogP) is 1.42. The van der Waals surface area contributed by atoms with Gasteiger partial charge >= 0.3 is 0 Å². The molecule has 0 unspecified atom stereocenters. The van der Waals surface area contributed by atoms with Gasteiger partial charge in [-0.2, -0.15) is 0 Å². The molecule has 1 aromatic carbocycles. The van der Waals surface area contributed by atoms with Gasteiger partial charge in [-0.25, -0.2) is 0 Å². The van der Waals surface area contributed by atoms with Gasteiger partial charge in [-0.1, -0.05) is 18.2 Å². The van der Waals surface area contributed by atoms with Crippen LogP contribution in [-0.2, 0) is 14.3 Å². The zero-order valence-corrected chi connectivity index (χ0v) is 15.0. The molecule has 24 heavy (non-hydrogen) atoms. The largest absolute Gasteiger partial charge is 0.376 e. The van der Waals surface area contributed by atoms with Crippen LogP contribution in [0.25, 0.3) is 0 Å². The van der Waals surface area contributed by atoms with Crippen molar-refractivity contribution in [2.24, 2.45) is 0 Å². The van der Waals surface area contributed by atoms with Crippen molar-refractivity contribution in [2.45, 2.75) is 26.9 Å². The molecule has 1 atom stereocenters. The zero-order valence-electron chi connectivity index (χ0n) is 15.0. The summed E-state index contributed by atoms with van der Waals surface area (Å²) < 4.78 is 5.47. The number of aryl methyl sites for hydroxylation is 2. The van der Waals surface area contributed by atoms with Gasteiger partial charge in [0.25, 0.3) is 0 Å². The fraction of sp³-hybridized carbons (Fsp3) is 0.556. The number of benzene rings is 1. The van der Waals surface area contributed by atoms with E-state index in [9.17, 15) is 9.59 Å². The number of amides is 2. The number of para-hydroxylation sites is 1. The topological polar surface area (TPSA) is 61.9 Å². The summed E-state index contributed by atoms with van der Waals surface area (Å²) in [7, 11) is 1.66. The monoisotopic (exact) mass is 333 g/mol. The number of anilines is 1. The highest BCUT2D eigenvalue weighted by molar-refractivity contribution is 5.95. The quantitative estimate of drug-likeness (QED) is 0.885. The van der Waals surface area contributed by atoms with E-state index in [1.165, 1.54) is 4.90 Å². The first-order chi connectivity index (χ1) is 11.4. The number of ether oxygens (including phenoxy) is 1. The second-order valence-electron chi connectivity index (χ2n) is 6.48. The van der Waals surface area contributed by atoms with Crippen LogP contribution in [0, 0.1) is 13.8 Å². The highest BCUT2D eigenvalue weighted by Crippen LogP contribution is 2.19. The van der Waals surface area contributed by atoms with E-state index in [0.717, 1.165) is 29.9 Å². The normalized spacial score (nSPS) is 18.2.